The zero-order valence-electron chi connectivity index (χ0n) is 33.0. The van der Waals surface area contributed by atoms with E-state index in [0.29, 0.717) is 41.5 Å². The van der Waals surface area contributed by atoms with Gasteiger partial charge in [0.2, 0.25) is 0 Å². The van der Waals surface area contributed by atoms with Crippen molar-refractivity contribution in [2.75, 3.05) is 0 Å². The van der Waals surface area contributed by atoms with Crippen molar-refractivity contribution in [2.45, 2.75) is 69.6 Å². The van der Waals surface area contributed by atoms with E-state index in [1.54, 1.807) is 85.5 Å². The van der Waals surface area contributed by atoms with Gasteiger partial charge in [-0.3, -0.25) is 48.7 Å². The third-order valence-corrected chi connectivity index (χ3v) is 12.2. The predicted molar refractivity (Wildman–Crippen MR) is 220 cm³/mol. The molecule has 0 saturated carbocycles. The normalized spacial score (nSPS) is 19.7. The molecule has 0 radical (unpaired) electrons. The van der Waals surface area contributed by atoms with Crippen molar-refractivity contribution in [2.24, 2.45) is 0 Å². The van der Waals surface area contributed by atoms with E-state index in [2.05, 4.69) is 15.0 Å². The molecule has 6 aromatic rings. The molecule has 0 spiro atoms. The van der Waals surface area contributed by atoms with Gasteiger partial charge in [-0.1, -0.05) is 24.3 Å². The average Bonchev–Trinajstić information content (AvgIpc) is 4.15. The highest BCUT2D eigenvalue weighted by Crippen LogP contribution is 2.41. The molecular weight excluding hydrogens is 773 g/mol. The van der Waals surface area contributed by atoms with Crippen LogP contribution in [0.1, 0.15) is 135 Å². The molecule has 2 aliphatic heterocycles. The number of ketones is 1. The van der Waals surface area contributed by atoms with E-state index in [9.17, 15) is 34.3 Å². The molecule has 304 valence electrons. The summed E-state index contributed by atoms with van der Waals surface area (Å²) in [7, 11) is 0. The minimum absolute atomic E-state index is 0.152. The molecular formula is C48H40N6O7. The van der Waals surface area contributed by atoms with Gasteiger partial charge in [0.1, 0.15) is 0 Å². The SMILES string of the molecule is O=C1CCc2cnccc21.O=C1c2ccccc2C(=O)N1[C@@H]1CCc2c[n+]([O-])ccc21.O=C1c2ccccc2C(=O)N1[C@@H]1CCc2cnccc21.O[C@H]1CCc2cnccc21. The van der Waals surface area contributed by atoms with Crippen molar-refractivity contribution < 1.29 is 33.8 Å². The number of aliphatic hydroxyl groups is 1. The van der Waals surface area contributed by atoms with E-state index in [4.69, 9.17) is 0 Å². The van der Waals surface area contributed by atoms with Crippen LogP contribution in [0.2, 0.25) is 0 Å². The van der Waals surface area contributed by atoms with Crippen molar-refractivity contribution in [3.63, 3.8) is 0 Å². The van der Waals surface area contributed by atoms with E-state index in [0.717, 1.165) is 75.8 Å². The van der Waals surface area contributed by atoms with E-state index in [1.165, 1.54) is 27.8 Å². The van der Waals surface area contributed by atoms with Crippen LogP contribution in [-0.4, -0.2) is 59.3 Å². The first kappa shape index (κ1) is 39.2. The molecule has 12 rings (SSSR count). The molecule has 6 aliphatic rings. The second-order valence-electron chi connectivity index (χ2n) is 15.6. The van der Waals surface area contributed by atoms with E-state index in [-0.39, 0.29) is 47.6 Å². The quantitative estimate of drug-likeness (QED) is 0.120. The summed E-state index contributed by atoms with van der Waals surface area (Å²) < 4.78 is 0.754. The number of hydrogen-bond donors (Lipinski definition) is 1. The summed E-state index contributed by atoms with van der Waals surface area (Å²) in [6, 6.07) is 20.8. The van der Waals surface area contributed by atoms with Crippen LogP contribution in [0.3, 0.4) is 0 Å². The van der Waals surface area contributed by atoms with Crippen molar-refractivity contribution in [1.29, 1.82) is 0 Å². The Morgan fingerprint density at radius 2 is 0.967 bits per heavy atom. The number of Topliss-reactive ketones (excluding diaryl/α,β-unsaturated/α-hetero) is 1. The molecule has 61 heavy (non-hydrogen) atoms. The van der Waals surface area contributed by atoms with Gasteiger partial charge in [0.05, 0.1) is 40.4 Å². The topological polar surface area (TPSA) is 178 Å². The Morgan fingerprint density at radius 3 is 1.51 bits per heavy atom. The maximum atomic E-state index is 12.5. The van der Waals surface area contributed by atoms with E-state index >= 15 is 0 Å². The highest BCUT2D eigenvalue weighted by atomic mass is 16.5. The lowest BCUT2D eigenvalue weighted by Crippen LogP contribution is -2.33. The summed E-state index contributed by atoms with van der Waals surface area (Å²) in [6.45, 7) is 0. The molecule has 2 aromatic carbocycles. The molecule has 0 fully saturated rings. The van der Waals surface area contributed by atoms with E-state index in [1.807, 2.05) is 24.5 Å². The number of aliphatic hydroxyl groups excluding tert-OH is 1. The van der Waals surface area contributed by atoms with Gasteiger partial charge < -0.3 is 10.3 Å². The molecule has 4 aliphatic carbocycles. The number of fused-ring (bicyclic) bond motifs is 6. The highest BCUT2D eigenvalue weighted by Gasteiger charge is 2.44. The maximum Gasteiger partial charge on any atom is 0.262 e. The number of carbonyl (C=O) groups is 5. The first-order chi connectivity index (χ1) is 29.7. The largest absolute Gasteiger partial charge is 0.619 e. The summed E-state index contributed by atoms with van der Waals surface area (Å²) in [5.41, 5.74) is 10.2. The molecule has 3 atom stereocenters. The highest BCUT2D eigenvalue weighted by molar-refractivity contribution is 6.22. The molecule has 13 heteroatoms. The molecule has 6 heterocycles. The van der Waals surface area contributed by atoms with Gasteiger partial charge in [-0.2, -0.15) is 4.73 Å². The Bertz CT molecular complexity index is 2680. The number of benzene rings is 2. The number of imide groups is 2. The zero-order valence-corrected chi connectivity index (χ0v) is 33.0. The Hall–Kier alpha value is -7.25. The van der Waals surface area contributed by atoms with Crippen LogP contribution in [-0.2, 0) is 25.7 Å². The van der Waals surface area contributed by atoms with Gasteiger partial charge in [-0.25, -0.2) is 0 Å². The number of aromatic nitrogens is 4. The Labute approximate surface area is 350 Å². The Morgan fingerprint density at radius 1 is 0.508 bits per heavy atom. The summed E-state index contributed by atoms with van der Waals surface area (Å²) in [6.07, 6.45) is 19.7. The molecule has 0 unspecified atom stereocenters. The number of amides is 4. The number of rotatable bonds is 2. The number of hydrogen-bond acceptors (Lipinski definition) is 10. The number of aryl methyl sites for hydroxylation is 4. The summed E-state index contributed by atoms with van der Waals surface area (Å²) in [5, 5.41) is 20.7. The van der Waals surface area contributed by atoms with Gasteiger partial charge in [-0.15, -0.1) is 0 Å². The van der Waals surface area contributed by atoms with Crippen LogP contribution >= 0.6 is 0 Å². The predicted octanol–water partition coefficient (Wildman–Crippen LogP) is 6.24. The van der Waals surface area contributed by atoms with Crippen molar-refractivity contribution >= 4 is 29.4 Å². The van der Waals surface area contributed by atoms with Crippen LogP contribution in [0.5, 0.6) is 0 Å². The van der Waals surface area contributed by atoms with Crippen LogP contribution in [0.15, 0.2) is 122 Å². The third-order valence-electron chi connectivity index (χ3n) is 12.2. The Balaban J connectivity index is 0.000000110. The van der Waals surface area contributed by atoms with Gasteiger partial charge in [0.15, 0.2) is 18.2 Å². The van der Waals surface area contributed by atoms with Crippen LogP contribution in [0.4, 0.5) is 0 Å². The zero-order chi connectivity index (χ0) is 42.2. The smallest absolute Gasteiger partial charge is 0.262 e. The summed E-state index contributed by atoms with van der Waals surface area (Å²) in [4.78, 5) is 75.8. The fraction of sp³-hybridized carbons (Fsp3) is 0.229. The van der Waals surface area contributed by atoms with E-state index < -0.39 is 0 Å². The molecule has 4 aromatic heterocycles. The Kier molecular flexibility index (Phi) is 10.6. The second-order valence-corrected chi connectivity index (χ2v) is 15.6. The minimum atomic E-state index is -0.270. The molecule has 13 nitrogen and oxygen atoms in total. The third kappa shape index (κ3) is 7.27. The van der Waals surface area contributed by atoms with Crippen LogP contribution < -0.4 is 4.73 Å². The fourth-order valence-electron chi connectivity index (χ4n) is 9.15. The first-order valence-electron chi connectivity index (χ1n) is 20.3. The fourth-order valence-corrected chi connectivity index (χ4v) is 9.15. The second kappa shape index (κ2) is 16.4. The van der Waals surface area contributed by atoms with Gasteiger partial charge in [0.25, 0.3) is 23.6 Å². The van der Waals surface area contributed by atoms with Crippen LogP contribution in [0.25, 0.3) is 0 Å². The first-order valence-corrected chi connectivity index (χ1v) is 20.3. The number of pyridine rings is 4. The van der Waals surface area contributed by atoms with Gasteiger partial charge in [-0.05, 0) is 121 Å². The molecule has 4 amide bonds. The lowest BCUT2D eigenvalue weighted by atomic mass is 10.1. The summed E-state index contributed by atoms with van der Waals surface area (Å²) >= 11 is 0. The van der Waals surface area contributed by atoms with Crippen molar-refractivity contribution in [1.82, 2.24) is 24.8 Å². The van der Waals surface area contributed by atoms with Crippen molar-refractivity contribution in [3.05, 3.63) is 194 Å². The molecule has 0 saturated heterocycles. The maximum absolute atomic E-state index is 12.5. The van der Waals surface area contributed by atoms with Crippen LogP contribution in [0, 0.1) is 5.21 Å². The van der Waals surface area contributed by atoms with Gasteiger partial charge in [0, 0.05) is 60.8 Å². The minimum Gasteiger partial charge on any atom is -0.619 e. The van der Waals surface area contributed by atoms with Crippen molar-refractivity contribution in [3.8, 4) is 0 Å². The lowest BCUT2D eigenvalue weighted by Gasteiger charge is -2.22. The lowest BCUT2D eigenvalue weighted by molar-refractivity contribution is -0.605. The standard InChI is InChI=1S/C16H12N2O3.C16H12N2O2.C8H9NO.C8H7NO/c19-15-12-3-1-2-4-13(12)16(20)18(15)14-6-5-10-9-17(21)8-7-11(10)14;19-15-12-3-1-2-4-13(12)16(20)18(15)14-6-5-10-9-17-8-7-11(10)14;2*10-8-2-1-6-5-9-4-3-7(6)8/h1-4,7-9,14H,5-6H2;1-4,7-9,14H,5-6H2;3-5,8,10H,1-2H2;3-5H,1-2H2/t2*14-;8-;/m110./s1. The average molecular weight is 813 g/mol. The monoisotopic (exact) mass is 812 g/mol. The van der Waals surface area contributed by atoms with Gasteiger partial charge >= 0.3 is 0 Å². The number of carbonyl (C=O) groups excluding carboxylic acids is 5. The molecule has 0 bridgehead atoms. The number of nitrogens with zero attached hydrogens (tertiary/aromatic N) is 6. The summed E-state index contributed by atoms with van der Waals surface area (Å²) in [5.74, 6) is -0.586. The molecule has 1 N–H and O–H groups in total.